The number of aryl methyl sites for hydroxylation is 1. The third-order valence-electron chi connectivity index (χ3n) is 2.52. The smallest absolute Gasteiger partial charge is 0.228 e. The van der Waals surface area contributed by atoms with Gasteiger partial charge in [-0.15, -0.1) is 0 Å². The van der Waals surface area contributed by atoms with Crippen LogP contribution in [0.1, 0.15) is 19.4 Å². The van der Waals surface area contributed by atoms with Crippen molar-refractivity contribution in [3.8, 4) is 11.5 Å². The van der Waals surface area contributed by atoms with Gasteiger partial charge in [0.15, 0.2) is 5.58 Å². The van der Waals surface area contributed by atoms with Crippen LogP contribution in [0.4, 0.5) is 0 Å². The molecule has 3 aromatic rings. The van der Waals surface area contributed by atoms with Crippen LogP contribution in [0.15, 0.2) is 47.1 Å². The van der Waals surface area contributed by atoms with Crippen LogP contribution in [0.2, 0.25) is 0 Å². The van der Waals surface area contributed by atoms with Crippen molar-refractivity contribution in [2.75, 3.05) is 0 Å². The minimum atomic E-state index is 0.623. The quantitative estimate of drug-likeness (QED) is 0.639. The minimum Gasteiger partial charge on any atom is -0.436 e. The third-order valence-corrected chi connectivity index (χ3v) is 2.52. The molecule has 0 fully saturated rings. The number of fused-ring (bicyclic) bond motifs is 1. The first kappa shape index (κ1) is 12.3. The molecule has 3 rings (SSSR count). The monoisotopic (exact) mass is 240 g/mol. The maximum atomic E-state index is 5.73. The fraction of sp³-hybridized carbons (Fsp3) is 0.200. The number of nitrogens with zero attached hydrogens (tertiary/aromatic N) is 2. The number of hydrogen-bond acceptors (Lipinski definition) is 3. The Morgan fingerprint density at radius 3 is 2.56 bits per heavy atom. The first-order chi connectivity index (χ1) is 8.84. The van der Waals surface area contributed by atoms with Crippen LogP contribution in [0.5, 0.6) is 0 Å². The van der Waals surface area contributed by atoms with E-state index in [2.05, 4.69) is 9.97 Å². The van der Waals surface area contributed by atoms with E-state index in [1.807, 2.05) is 51.1 Å². The lowest BCUT2D eigenvalue weighted by atomic mass is 10.2. The predicted molar refractivity (Wildman–Crippen MR) is 73.3 cm³/mol. The molecule has 3 heteroatoms. The molecule has 0 N–H and O–H groups in total. The molecule has 0 spiro atoms. The zero-order chi connectivity index (χ0) is 13.0. The van der Waals surface area contributed by atoms with Crippen LogP contribution in [-0.2, 0) is 0 Å². The van der Waals surface area contributed by atoms with Crippen LogP contribution in [-0.4, -0.2) is 9.97 Å². The van der Waals surface area contributed by atoms with Crippen molar-refractivity contribution in [2.45, 2.75) is 20.8 Å². The van der Waals surface area contributed by atoms with E-state index < -0.39 is 0 Å². The molecule has 1 aromatic carbocycles. The summed E-state index contributed by atoms with van der Waals surface area (Å²) in [5.74, 6) is 0.623. The number of hydrogen-bond donors (Lipinski definition) is 0. The van der Waals surface area contributed by atoms with Gasteiger partial charge in [-0.05, 0) is 30.7 Å². The third kappa shape index (κ3) is 2.25. The van der Waals surface area contributed by atoms with Gasteiger partial charge in [-0.1, -0.05) is 26.0 Å². The molecule has 2 aromatic heterocycles. The zero-order valence-corrected chi connectivity index (χ0v) is 10.8. The van der Waals surface area contributed by atoms with Crippen molar-refractivity contribution in [1.29, 1.82) is 0 Å². The second kappa shape index (κ2) is 5.45. The molecular formula is C15H16N2O. The standard InChI is InChI=1S/C13H10N2O.C2H6/c1-9-4-2-6-11-12(9)16-13(15-11)10-5-3-7-14-8-10;1-2/h2-8H,1H3;1-2H3. The summed E-state index contributed by atoms with van der Waals surface area (Å²) in [5.41, 5.74) is 3.73. The molecule has 0 bridgehead atoms. The fourth-order valence-electron chi connectivity index (χ4n) is 1.70. The van der Waals surface area contributed by atoms with Gasteiger partial charge >= 0.3 is 0 Å². The highest BCUT2D eigenvalue weighted by Crippen LogP contribution is 2.25. The van der Waals surface area contributed by atoms with Gasteiger partial charge in [-0.25, -0.2) is 4.98 Å². The van der Waals surface area contributed by atoms with E-state index in [1.165, 1.54) is 0 Å². The molecular weight excluding hydrogens is 224 g/mol. The van der Waals surface area contributed by atoms with Crippen molar-refractivity contribution < 1.29 is 4.42 Å². The highest BCUT2D eigenvalue weighted by atomic mass is 16.3. The van der Waals surface area contributed by atoms with Crippen LogP contribution in [0.3, 0.4) is 0 Å². The molecule has 2 heterocycles. The van der Waals surface area contributed by atoms with Crippen LogP contribution < -0.4 is 0 Å². The number of oxazole rings is 1. The average Bonchev–Trinajstić information content (AvgIpc) is 2.88. The Morgan fingerprint density at radius 1 is 1.06 bits per heavy atom. The van der Waals surface area contributed by atoms with E-state index in [1.54, 1.807) is 12.4 Å². The maximum absolute atomic E-state index is 5.73. The topological polar surface area (TPSA) is 38.9 Å². The number of aromatic nitrogens is 2. The maximum Gasteiger partial charge on any atom is 0.228 e. The molecule has 0 amide bonds. The van der Waals surface area contributed by atoms with Gasteiger partial charge in [0.25, 0.3) is 0 Å². The largest absolute Gasteiger partial charge is 0.436 e. The normalized spacial score (nSPS) is 9.94. The second-order valence-electron chi connectivity index (χ2n) is 3.68. The van der Waals surface area contributed by atoms with Gasteiger partial charge < -0.3 is 4.42 Å². The fourth-order valence-corrected chi connectivity index (χ4v) is 1.70. The average molecular weight is 240 g/mol. The predicted octanol–water partition coefficient (Wildman–Crippen LogP) is 4.22. The highest BCUT2D eigenvalue weighted by molar-refractivity contribution is 5.78. The van der Waals surface area contributed by atoms with Crippen molar-refractivity contribution in [3.05, 3.63) is 48.3 Å². The van der Waals surface area contributed by atoms with Gasteiger partial charge in [0.2, 0.25) is 5.89 Å². The number of pyridine rings is 1. The zero-order valence-electron chi connectivity index (χ0n) is 10.8. The van der Waals surface area contributed by atoms with Crippen LogP contribution in [0.25, 0.3) is 22.6 Å². The van der Waals surface area contributed by atoms with Crippen LogP contribution >= 0.6 is 0 Å². The van der Waals surface area contributed by atoms with Crippen molar-refractivity contribution >= 4 is 11.1 Å². The van der Waals surface area contributed by atoms with Crippen molar-refractivity contribution in [2.24, 2.45) is 0 Å². The molecule has 3 nitrogen and oxygen atoms in total. The second-order valence-corrected chi connectivity index (χ2v) is 3.68. The Bertz CT molecular complexity index is 629. The molecule has 0 radical (unpaired) electrons. The summed E-state index contributed by atoms with van der Waals surface area (Å²) >= 11 is 0. The SMILES string of the molecule is CC.Cc1cccc2nc(-c3cccnc3)oc12. The Labute approximate surface area is 107 Å². The van der Waals surface area contributed by atoms with Crippen LogP contribution in [0, 0.1) is 6.92 Å². The van der Waals surface area contributed by atoms with Gasteiger partial charge in [-0.3, -0.25) is 4.98 Å². The summed E-state index contributed by atoms with van der Waals surface area (Å²) < 4.78 is 5.73. The first-order valence-electron chi connectivity index (χ1n) is 6.11. The van der Waals surface area contributed by atoms with Gasteiger partial charge in [0.05, 0.1) is 5.56 Å². The van der Waals surface area contributed by atoms with E-state index in [-0.39, 0.29) is 0 Å². The summed E-state index contributed by atoms with van der Waals surface area (Å²) in [7, 11) is 0. The van der Waals surface area contributed by atoms with E-state index in [9.17, 15) is 0 Å². The Balaban J connectivity index is 0.000000574. The molecule has 0 atom stereocenters. The molecule has 18 heavy (non-hydrogen) atoms. The number of rotatable bonds is 1. The van der Waals surface area contributed by atoms with E-state index in [0.717, 1.165) is 22.2 Å². The summed E-state index contributed by atoms with van der Waals surface area (Å²) in [4.78, 5) is 8.49. The van der Waals surface area contributed by atoms with Gasteiger partial charge in [0, 0.05) is 12.4 Å². The Morgan fingerprint density at radius 2 is 1.89 bits per heavy atom. The molecule has 0 saturated heterocycles. The van der Waals surface area contributed by atoms with Crippen molar-refractivity contribution in [3.63, 3.8) is 0 Å². The van der Waals surface area contributed by atoms with E-state index in [4.69, 9.17) is 4.42 Å². The lowest BCUT2D eigenvalue weighted by molar-refractivity contribution is 0.617. The van der Waals surface area contributed by atoms with Gasteiger partial charge in [-0.2, -0.15) is 0 Å². The molecule has 0 unspecified atom stereocenters. The first-order valence-corrected chi connectivity index (χ1v) is 6.11. The number of para-hydroxylation sites is 1. The lowest BCUT2D eigenvalue weighted by Gasteiger charge is -1.92. The van der Waals surface area contributed by atoms with Gasteiger partial charge in [0.1, 0.15) is 5.52 Å². The summed E-state index contributed by atoms with van der Waals surface area (Å²) in [6, 6.07) is 9.75. The molecule has 92 valence electrons. The molecule has 0 saturated carbocycles. The summed E-state index contributed by atoms with van der Waals surface area (Å²) in [5, 5.41) is 0. The van der Waals surface area contributed by atoms with E-state index >= 15 is 0 Å². The summed E-state index contributed by atoms with van der Waals surface area (Å²) in [6.45, 7) is 6.01. The molecule has 0 aliphatic rings. The number of benzene rings is 1. The Hall–Kier alpha value is -2.16. The molecule has 0 aliphatic carbocycles. The van der Waals surface area contributed by atoms with E-state index in [0.29, 0.717) is 5.89 Å². The molecule has 0 aliphatic heterocycles. The highest BCUT2D eigenvalue weighted by Gasteiger charge is 2.08. The minimum absolute atomic E-state index is 0.623. The van der Waals surface area contributed by atoms with Crippen molar-refractivity contribution in [1.82, 2.24) is 9.97 Å². The lowest BCUT2D eigenvalue weighted by Crippen LogP contribution is -1.77. The Kier molecular flexibility index (Phi) is 3.72. The summed E-state index contributed by atoms with van der Waals surface area (Å²) in [6.07, 6.45) is 3.48.